The molecule has 0 fully saturated rings. The molecule has 2 N–H and O–H groups in total. The number of ether oxygens (including phenoxy) is 2. The van der Waals surface area contributed by atoms with Crippen molar-refractivity contribution in [3.05, 3.63) is 75.7 Å². The van der Waals surface area contributed by atoms with Crippen LogP contribution in [0.4, 0.5) is 10.2 Å². The molecule has 0 radical (unpaired) electrons. The number of aromatic nitrogens is 1. The van der Waals surface area contributed by atoms with Crippen LogP contribution < -0.4 is 15.4 Å². The van der Waals surface area contributed by atoms with Crippen molar-refractivity contribution < 1.29 is 23.5 Å². The standard InChI is InChI=1S/C24H22Cl2FN3O4/c1-30(24(32)21-18(26)5-3-6-19(21)27)23-20(34-10-4-9-33-2)12-15(13-29-23)16-11-14(22(28)31)7-8-17(16)25/h3,5-8,11-13H,4,9-10H2,1-2H3,(H2,28,31). The molecule has 1 heterocycles. The second kappa shape index (κ2) is 11.3. The lowest BCUT2D eigenvalue weighted by Crippen LogP contribution is -2.29. The fourth-order valence-corrected chi connectivity index (χ4v) is 3.66. The summed E-state index contributed by atoms with van der Waals surface area (Å²) >= 11 is 12.4. The lowest BCUT2D eigenvalue weighted by atomic mass is 10.0. The smallest absolute Gasteiger partial charge is 0.263 e. The number of halogens is 3. The van der Waals surface area contributed by atoms with Crippen molar-refractivity contribution in [2.24, 2.45) is 5.73 Å². The zero-order valence-corrected chi connectivity index (χ0v) is 20.0. The first kappa shape index (κ1) is 25.4. The molecule has 3 rings (SSSR count). The van der Waals surface area contributed by atoms with Gasteiger partial charge in [-0.1, -0.05) is 29.3 Å². The van der Waals surface area contributed by atoms with Crippen LogP contribution in [0.25, 0.3) is 11.1 Å². The Bertz CT molecular complexity index is 1200. The first-order valence-electron chi connectivity index (χ1n) is 10.2. The Hall–Kier alpha value is -3.20. The molecule has 0 aliphatic carbocycles. The predicted octanol–water partition coefficient (Wildman–Crippen LogP) is 4.99. The maximum absolute atomic E-state index is 14.3. The zero-order valence-electron chi connectivity index (χ0n) is 18.5. The molecule has 178 valence electrons. The predicted molar refractivity (Wildman–Crippen MR) is 129 cm³/mol. The van der Waals surface area contributed by atoms with Crippen LogP contribution in [-0.4, -0.2) is 44.2 Å². The average Bonchev–Trinajstić information content (AvgIpc) is 2.81. The number of benzene rings is 2. The number of nitrogens with two attached hydrogens (primary N) is 1. The van der Waals surface area contributed by atoms with Crippen LogP contribution in [0.15, 0.2) is 48.7 Å². The van der Waals surface area contributed by atoms with Crippen LogP contribution >= 0.6 is 23.2 Å². The number of hydrogen-bond acceptors (Lipinski definition) is 5. The van der Waals surface area contributed by atoms with Crippen molar-refractivity contribution in [2.75, 3.05) is 32.3 Å². The molecule has 0 aliphatic heterocycles. The SMILES string of the molecule is COCCCOc1cc(-c2cc(C(N)=O)ccc2Cl)cnc1N(C)C(=O)c1c(F)cccc1Cl. The Morgan fingerprint density at radius 2 is 1.88 bits per heavy atom. The normalized spacial score (nSPS) is 10.7. The van der Waals surface area contributed by atoms with Gasteiger partial charge in [0.1, 0.15) is 5.82 Å². The third-order valence-corrected chi connectivity index (χ3v) is 5.59. The number of methoxy groups -OCH3 is 1. The lowest BCUT2D eigenvalue weighted by molar-refractivity contribution is 0.0983. The van der Waals surface area contributed by atoms with E-state index in [9.17, 15) is 14.0 Å². The van der Waals surface area contributed by atoms with E-state index in [1.807, 2.05) is 0 Å². The van der Waals surface area contributed by atoms with Crippen LogP contribution in [0.1, 0.15) is 27.1 Å². The van der Waals surface area contributed by atoms with Gasteiger partial charge in [-0.2, -0.15) is 0 Å². The van der Waals surface area contributed by atoms with Gasteiger partial charge in [-0.15, -0.1) is 0 Å². The Balaban J connectivity index is 2.04. The molecule has 0 bridgehead atoms. The number of carbonyl (C=O) groups is 2. The van der Waals surface area contributed by atoms with Crippen molar-refractivity contribution in [3.8, 4) is 16.9 Å². The summed E-state index contributed by atoms with van der Waals surface area (Å²) in [5.74, 6) is -1.66. The Kier molecular flexibility index (Phi) is 8.44. The van der Waals surface area contributed by atoms with E-state index in [4.69, 9.17) is 38.4 Å². The maximum Gasteiger partial charge on any atom is 0.263 e. The largest absolute Gasteiger partial charge is 0.490 e. The highest BCUT2D eigenvalue weighted by Gasteiger charge is 2.24. The summed E-state index contributed by atoms with van der Waals surface area (Å²) in [6.45, 7) is 0.734. The van der Waals surface area contributed by atoms with Crippen LogP contribution in [-0.2, 0) is 4.74 Å². The zero-order chi connectivity index (χ0) is 24.8. The van der Waals surface area contributed by atoms with Gasteiger partial charge in [0, 0.05) is 55.1 Å². The number of nitrogens with zero attached hydrogens (tertiary/aromatic N) is 2. The first-order chi connectivity index (χ1) is 16.2. The molecule has 7 nitrogen and oxygen atoms in total. The number of rotatable bonds is 9. The second-order valence-corrected chi connectivity index (χ2v) is 8.07. The summed E-state index contributed by atoms with van der Waals surface area (Å²) in [4.78, 5) is 30.2. The molecule has 0 atom stereocenters. The maximum atomic E-state index is 14.3. The topological polar surface area (TPSA) is 94.8 Å². The van der Waals surface area contributed by atoms with Crippen molar-refractivity contribution in [3.63, 3.8) is 0 Å². The monoisotopic (exact) mass is 505 g/mol. The Morgan fingerprint density at radius 1 is 1.12 bits per heavy atom. The van der Waals surface area contributed by atoms with E-state index in [0.717, 1.165) is 11.0 Å². The van der Waals surface area contributed by atoms with Crippen LogP contribution in [0, 0.1) is 5.82 Å². The molecule has 2 amide bonds. The number of carbonyl (C=O) groups excluding carboxylic acids is 2. The molecule has 0 saturated carbocycles. The van der Waals surface area contributed by atoms with Gasteiger partial charge in [0.05, 0.1) is 17.2 Å². The molecule has 0 saturated heterocycles. The van der Waals surface area contributed by atoms with E-state index < -0.39 is 17.6 Å². The number of anilines is 1. The molecule has 1 aromatic heterocycles. The minimum atomic E-state index is -0.751. The summed E-state index contributed by atoms with van der Waals surface area (Å²) in [6.07, 6.45) is 2.05. The molecule has 2 aromatic carbocycles. The van der Waals surface area contributed by atoms with E-state index >= 15 is 0 Å². The third kappa shape index (κ3) is 5.64. The molecular weight excluding hydrogens is 484 g/mol. The summed E-state index contributed by atoms with van der Waals surface area (Å²) in [7, 11) is 3.02. The highest BCUT2D eigenvalue weighted by Crippen LogP contribution is 2.35. The van der Waals surface area contributed by atoms with E-state index in [0.29, 0.717) is 29.2 Å². The van der Waals surface area contributed by atoms with Crippen molar-refractivity contribution in [1.29, 1.82) is 0 Å². The van der Waals surface area contributed by atoms with Gasteiger partial charge in [0.2, 0.25) is 5.91 Å². The number of hydrogen-bond donors (Lipinski definition) is 1. The van der Waals surface area contributed by atoms with Gasteiger partial charge in [-0.05, 0) is 36.4 Å². The molecule has 0 aliphatic rings. The van der Waals surface area contributed by atoms with E-state index in [-0.39, 0.29) is 34.3 Å². The van der Waals surface area contributed by atoms with Gasteiger partial charge in [0.15, 0.2) is 11.6 Å². The number of amides is 2. The van der Waals surface area contributed by atoms with Gasteiger partial charge >= 0.3 is 0 Å². The highest BCUT2D eigenvalue weighted by molar-refractivity contribution is 6.34. The number of primary amides is 1. The summed E-state index contributed by atoms with van der Waals surface area (Å²) < 4.78 is 25.3. The summed E-state index contributed by atoms with van der Waals surface area (Å²) in [6, 6.07) is 10.2. The van der Waals surface area contributed by atoms with Gasteiger partial charge in [-0.25, -0.2) is 9.37 Å². The van der Waals surface area contributed by atoms with E-state index in [1.165, 1.54) is 31.4 Å². The van der Waals surface area contributed by atoms with Gasteiger partial charge in [0.25, 0.3) is 5.91 Å². The minimum Gasteiger partial charge on any atom is -0.490 e. The molecule has 0 unspecified atom stereocenters. The molecule has 34 heavy (non-hydrogen) atoms. The van der Waals surface area contributed by atoms with Crippen LogP contribution in [0.3, 0.4) is 0 Å². The molecule has 3 aromatic rings. The Labute approximate surface area is 206 Å². The average molecular weight is 506 g/mol. The van der Waals surface area contributed by atoms with E-state index in [1.54, 1.807) is 25.3 Å². The first-order valence-corrected chi connectivity index (χ1v) is 10.9. The van der Waals surface area contributed by atoms with Crippen LogP contribution in [0.5, 0.6) is 5.75 Å². The molecule has 10 heteroatoms. The molecular formula is C24H22Cl2FN3O4. The fraction of sp³-hybridized carbons (Fsp3) is 0.208. The Morgan fingerprint density at radius 3 is 2.56 bits per heavy atom. The second-order valence-electron chi connectivity index (χ2n) is 7.26. The van der Waals surface area contributed by atoms with Gasteiger partial charge < -0.3 is 15.2 Å². The van der Waals surface area contributed by atoms with Crippen LogP contribution in [0.2, 0.25) is 10.0 Å². The minimum absolute atomic E-state index is 0.0221. The van der Waals surface area contributed by atoms with E-state index in [2.05, 4.69) is 4.98 Å². The lowest BCUT2D eigenvalue weighted by Gasteiger charge is -2.21. The fourth-order valence-electron chi connectivity index (χ4n) is 3.19. The van der Waals surface area contributed by atoms with Crippen molar-refractivity contribution in [1.82, 2.24) is 4.98 Å². The molecule has 0 spiro atoms. The van der Waals surface area contributed by atoms with Crippen molar-refractivity contribution in [2.45, 2.75) is 6.42 Å². The van der Waals surface area contributed by atoms with Gasteiger partial charge in [-0.3, -0.25) is 14.5 Å². The highest BCUT2D eigenvalue weighted by atomic mass is 35.5. The third-order valence-electron chi connectivity index (χ3n) is 4.94. The summed E-state index contributed by atoms with van der Waals surface area (Å²) in [5.41, 5.74) is 6.42. The number of pyridine rings is 1. The van der Waals surface area contributed by atoms with Crippen molar-refractivity contribution >= 4 is 40.8 Å². The summed E-state index contributed by atoms with van der Waals surface area (Å²) in [5, 5.41) is 0.346. The quantitative estimate of drug-likeness (QED) is 0.413.